The minimum absolute atomic E-state index is 0. The van der Waals surface area contributed by atoms with Gasteiger partial charge in [-0.05, 0) is 60.4 Å². The molecule has 0 spiro atoms. The van der Waals surface area contributed by atoms with Gasteiger partial charge in [0, 0.05) is 30.2 Å². The van der Waals surface area contributed by atoms with Crippen LogP contribution >= 0.6 is 0 Å². The number of hydrogen-bond acceptors (Lipinski definition) is 5. The quantitative estimate of drug-likeness (QED) is 0.0863. The Morgan fingerprint density at radius 2 is 1.07 bits per heavy atom. The summed E-state index contributed by atoms with van der Waals surface area (Å²) in [5.41, 5.74) is 0.150. The lowest BCUT2D eigenvalue weighted by Crippen LogP contribution is -2.44. The second-order valence-electron chi connectivity index (χ2n) is 13.6. The molecule has 0 radical (unpaired) electrons. The smallest absolute Gasteiger partial charge is 0.330 e. The van der Waals surface area contributed by atoms with Gasteiger partial charge >= 0.3 is 5.97 Å². The maximum atomic E-state index is 14.9. The third kappa shape index (κ3) is 11.7. The number of hydrogen-bond donors (Lipinski definition) is 0. The van der Waals surface area contributed by atoms with Crippen molar-refractivity contribution in [2.24, 2.45) is 0 Å². The van der Waals surface area contributed by atoms with E-state index >= 15 is 0 Å². The first kappa shape index (κ1) is 45.2. The molecule has 5 nitrogen and oxygen atoms in total. The van der Waals surface area contributed by atoms with Gasteiger partial charge < -0.3 is 13.6 Å². The first-order valence-electron chi connectivity index (χ1n) is 14.6. The highest BCUT2D eigenvalue weighted by atomic mass is 28.4. The molecule has 0 aromatic heterocycles. The standard InChI is InChI=1S/C18H26F2O3Si.C15H22F2O2Si.2CH4/c1-8-12(9-16(21)22-5)14-10-13(19)11-15(17(14)20)23-24(6,7)18(2,3)4;1-7-12(18)11-8-10(16)9-13(14(11)17)19-20(5,6)15(2,3)4;;/h9-11H,8H2,1-7H3;8-9H,7H2,1-6H3;2*1H4. The number of halogens is 4. The van der Waals surface area contributed by atoms with Gasteiger partial charge in [0.15, 0.2) is 17.4 Å². The van der Waals surface area contributed by atoms with Crippen molar-refractivity contribution in [2.75, 3.05) is 7.11 Å². The molecule has 0 bridgehead atoms. The van der Waals surface area contributed by atoms with E-state index in [0.29, 0.717) is 12.0 Å². The van der Waals surface area contributed by atoms with E-state index in [-0.39, 0.29) is 54.0 Å². The minimum atomic E-state index is -2.32. The molecule has 0 unspecified atom stereocenters. The van der Waals surface area contributed by atoms with Crippen LogP contribution in [0.5, 0.6) is 11.5 Å². The summed E-state index contributed by atoms with van der Waals surface area (Å²) in [7, 11) is -3.37. The van der Waals surface area contributed by atoms with Gasteiger partial charge in [-0.1, -0.05) is 70.2 Å². The van der Waals surface area contributed by atoms with Crippen LogP contribution in [0, 0.1) is 23.3 Å². The Bertz CT molecular complexity index is 1370. The van der Waals surface area contributed by atoms with Crippen molar-refractivity contribution in [1.82, 2.24) is 0 Å². The molecule has 0 amide bonds. The van der Waals surface area contributed by atoms with Crippen molar-refractivity contribution >= 4 is 34.0 Å². The van der Waals surface area contributed by atoms with Crippen LogP contribution in [-0.4, -0.2) is 35.5 Å². The van der Waals surface area contributed by atoms with E-state index in [0.717, 1.165) is 24.3 Å². The van der Waals surface area contributed by atoms with E-state index in [1.54, 1.807) is 13.8 Å². The second kappa shape index (κ2) is 17.3. The van der Waals surface area contributed by atoms with E-state index in [2.05, 4.69) is 4.74 Å². The molecule has 11 heteroatoms. The van der Waals surface area contributed by atoms with Crippen molar-refractivity contribution in [2.45, 2.75) is 119 Å². The number of carbonyl (C=O) groups excluding carboxylic acids is 2. The first-order chi connectivity index (χ1) is 19.9. The maximum Gasteiger partial charge on any atom is 0.330 e. The van der Waals surface area contributed by atoms with Gasteiger partial charge in [-0.3, -0.25) is 4.79 Å². The molecule has 0 fully saturated rings. The monoisotopic (exact) mass is 688 g/mol. The van der Waals surface area contributed by atoms with Crippen LogP contribution in [0.4, 0.5) is 17.6 Å². The van der Waals surface area contributed by atoms with Crippen LogP contribution in [0.1, 0.15) is 99.0 Å². The SMILES string of the molecule is C.C.CCC(=CC(=O)OC)c1cc(F)cc(O[Si](C)(C)C(C)(C)C)c1F.CCC(=O)c1cc(F)cc(O[Si](C)(C)C(C)(C)C)c1F. The highest BCUT2D eigenvalue weighted by Crippen LogP contribution is 2.40. The minimum Gasteiger partial charge on any atom is -0.541 e. The summed E-state index contributed by atoms with van der Waals surface area (Å²) in [6, 6.07) is 4.08. The third-order valence-corrected chi connectivity index (χ3v) is 16.9. The Labute approximate surface area is 277 Å². The number of ether oxygens (including phenoxy) is 1. The van der Waals surface area contributed by atoms with Crippen LogP contribution < -0.4 is 8.85 Å². The van der Waals surface area contributed by atoms with Gasteiger partial charge in [-0.2, -0.15) is 0 Å². The molecule has 0 heterocycles. The number of carbonyl (C=O) groups is 2. The Balaban J connectivity index is 0. The molecule has 2 aromatic carbocycles. The highest BCUT2D eigenvalue weighted by Gasteiger charge is 2.41. The molecule has 0 aliphatic heterocycles. The normalized spacial score (nSPS) is 12.2. The average Bonchev–Trinajstić information content (AvgIpc) is 2.89. The van der Waals surface area contributed by atoms with Crippen LogP contribution in [-0.2, 0) is 9.53 Å². The number of ketones is 1. The molecule has 0 aliphatic carbocycles. The fourth-order valence-electron chi connectivity index (χ4n) is 3.33. The van der Waals surface area contributed by atoms with Crippen LogP contribution in [0.15, 0.2) is 30.3 Å². The van der Waals surface area contributed by atoms with Gasteiger partial charge in [0.1, 0.15) is 23.1 Å². The Hall–Kier alpha value is -2.93. The van der Waals surface area contributed by atoms with Gasteiger partial charge in [-0.25, -0.2) is 22.4 Å². The zero-order valence-electron chi connectivity index (χ0n) is 28.4. The number of esters is 1. The molecule has 2 aromatic rings. The van der Waals surface area contributed by atoms with Crippen LogP contribution in [0.3, 0.4) is 0 Å². The lowest BCUT2D eigenvalue weighted by Gasteiger charge is -2.36. The van der Waals surface area contributed by atoms with E-state index in [1.807, 2.05) is 67.7 Å². The number of Topliss-reactive ketones (excluding diaryl/α,β-unsaturated/α-hetero) is 1. The zero-order chi connectivity index (χ0) is 34.4. The number of benzene rings is 2. The number of methoxy groups -OCH3 is 1. The molecule has 0 saturated heterocycles. The van der Waals surface area contributed by atoms with Crippen molar-refractivity contribution in [1.29, 1.82) is 0 Å². The van der Waals surface area contributed by atoms with E-state index < -0.39 is 51.7 Å². The van der Waals surface area contributed by atoms with Crippen molar-refractivity contribution in [3.8, 4) is 11.5 Å². The third-order valence-electron chi connectivity index (χ3n) is 8.19. The first-order valence-corrected chi connectivity index (χ1v) is 20.4. The number of rotatable bonds is 9. The Morgan fingerprint density at radius 1 is 0.696 bits per heavy atom. The van der Waals surface area contributed by atoms with Gasteiger partial charge in [0.2, 0.25) is 0 Å². The fraction of sp³-hybridized carbons (Fsp3) is 0.543. The topological polar surface area (TPSA) is 61.8 Å². The Morgan fingerprint density at radius 3 is 1.39 bits per heavy atom. The van der Waals surface area contributed by atoms with E-state index in [9.17, 15) is 27.2 Å². The summed E-state index contributed by atoms with van der Waals surface area (Å²) in [5.74, 6) is -3.99. The Kier molecular flexibility index (Phi) is 17.0. The summed E-state index contributed by atoms with van der Waals surface area (Å²) in [5, 5.41) is -0.290. The summed E-state index contributed by atoms with van der Waals surface area (Å²) >= 11 is 0. The summed E-state index contributed by atoms with van der Waals surface area (Å²) in [4.78, 5) is 23.1. The molecule has 0 aliphatic rings. The van der Waals surface area contributed by atoms with Gasteiger partial charge in [-0.15, -0.1) is 0 Å². The molecule has 2 rings (SSSR count). The molecular formula is C35H56F4O5Si2. The molecule has 0 atom stereocenters. The summed E-state index contributed by atoms with van der Waals surface area (Å²) in [6.07, 6.45) is 1.66. The predicted molar refractivity (Wildman–Crippen MR) is 187 cm³/mol. The lowest BCUT2D eigenvalue weighted by atomic mass is 10.0. The van der Waals surface area contributed by atoms with E-state index in [1.165, 1.54) is 13.2 Å². The molecular weight excluding hydrogens is 633 g/mol. The zero-order valence-corrected chi connectivity index (χ0v) is 30.4. The highest BCUT2D eigenvalue weighted by molar-refractivity contribution is 6.75. The second-order valence-corrected chi connectivity index (χ2v) is 23.0. The predicted octanol–water partition coefficient (Wildman–Crippen LogP) is 11.5. The fourth-order valence-corrected chi connectivity index (χ4v) is 5.34. The van der Waals surface area contributed by atoms with Crippen molar-refractivity contribution in [3.05, 3.63) is 64.7 Å². The molecule has 262 valence electrons. The molecule has 46 heavy (non-hydrogen) atoms. The van der Waals surface area contributed by atoms with Gasteiger partial charge in [0.25, 0.3) is 16.6 Å². The lowest BCUT2D eigenvalue weighted by molar-refractivity contribution is -0.134. The molecule has 0 N–H and O–H groups in total. The summed E-state index contributed by atoms with van der Waals surface area (Å²) < 4.78 is 73.1. The molecule has 0 saturated carbocycles. The maximum absolute atomic E-state index is 14.9. The van der Waals surface area contributed by atoms with Crippen LogP contribution in [0.2, 0.25) is 36.3 Å². The average molecular weight is 689 g/mol. The largest absolute Gasteiger partial charge is 0.541 e. The van der Waals surface area contributed by atoms with Crippen LogP contribution in [0.25, 0.3) is 5.57 Å². The summed E-state index contributed by atoms with van der Waals surface area (Å²) in [6.45, 7) is 23.3. The number of allylic oxidation sites excluding steroid dienone is 1. The van der Waals surface area contributed by atoms with Crippen molar-refractivity contribution < 1.29 is 40.7 Å². The van der Waals surface area contributed by atoms with Gasteiger partial charge in [0.05, 0.1) is 12.7 Å². The van der Waals surface area contributed by atoms with E-state index in [4.69, 9.17) is 8.85 Å². The van der Waals surface area contributed by atoms with Crippen molar-refractivity contribution in [3.63, 3.8) is 0 Å².